The fourth-order valence-corrected chi connectivity index (χ4v) is 2.77. The molecule has 0 atom stereocenters. The van der Waals surface area contributed by atoms with Crippen LogP contribution in [0.2, 0.25) is 5.02 Å². The summed E-state index contributed by atoms with van der Waals surface area (Å²) in [5.41, 5.74) is 3.32. The van der Waals surface area contributed by atoms with E-state index < -0.39 is 0 Å². The molecule has 6 heteroatoms. The highest BCUT2D eigenvalue weighted by Crippen LogP contribution is 2.25. The van der Waals surface area contributed by atoms with Gasteiger partial charge in [0.25, 0.3) is 5.56 Å². The molecule has 1 N–H and O–H groups in total. The fraction of sp³-hybridized carbons (Fsp3) is 0.250. The van der Waals surface area contributed by atoms with E-state index in [1.807, 2.05) is 24.3 Å². The maximum Gasteiger partial charge on any atom is 0.299 e. The lowest BCUT2D eigenvalue weighted by Crippen LogP contribution is -2.13. The fourth-order valence-electron chi connectivity index (χ4n) is 2.59. The van der Waals surface area contributed by atoms with Crippen LogP contribution in [0.4, 0.5) is 11.4 Å². The molecule has 0 unspecified atom stereocenters. The van der Waals surface area contributed by atoms with Gasteiger partial charge in [-0.15, -0.1) is 5.11 Å². The van der Waals surface area contributed by atoms with Gasteiger partial charge in [-0.3, -0.25) is 9.89 Å². The molecule has 0 fully saturated rings. The van der Waals surface area contributed by atoms with E-state index in [-0.39, 0.29) is 16.7 Å². The van der Waals surface area contributed by atoms with Crippen molar-refractivity contribution in [1.29, 1.82) is 0 Å². The minimum absolute atomic E-state index is 0.0809. The number of hydrogen-bond acceptors (Lipinski definition) is 3. The van der Waals surface area contributed by atoms with E-state index >= 15 is 0 Å². The monoisotopic (exact) mass is 368 g/mol. The first kappa shape index (κ1) is 18.1. The van der Waals surface area contributed by atoms with Gasteiger partial charge >= 0.3 is 0 Å². The first-order valence-electron chi connectivity index (χ1n) is 8.35. The molecule has 0 aliphatic heterocycles. The smallest absolute Gasteiger partial charge is 0.293 e. The maximum atomic E-state index is 12.6. The summed E-state index contributed by atoms with van der Waals surface area (Å²) in [5, 5.41) is 11.9. The van der Waals surface area contributed by atoms with Gasteiger partial charge in [-0.1, -0.05) is 50.6 Å². The number of nitrogens with zero attached hydrogens (tertiary/aromatic N) is 3. The highest BCUT2D eigenvalue weighted by Gasteiger charge is 2.14. The lowest BCUT2D eigenvalue weighted by atomic mass is 9.87. The number of aromatic nitrogens is 2. The van der Waals surface area contributed by atoms with E-state index in [9.17, 15) is 4.79 Å². The van der Waals surface area contributed by atoms with Crippen molar-refractivity contribution in [1.82, 2.24) is 9.78 Å². The van der Waals surface area contributed by atoms with Gasteiger partial charge in [0.15, 0.2) is 5.69 Å². The molecule has 0 spiro atoms. The molecule has 0 amide bonds. The van der Waals surface area contributed by atoms with Gasteiger partial charge < -0.3 is 0 Å². The topological polar surface area (TPSA) is 62.5 Å². The molecule has 134 valence electrons. The molecule has 0 saturated carbocycles. The minimum Gasteiger partial charge on any atom is -0.293 e. The average molecular weight is 369 g/mol. The van der Waals surface area contributed by atoms with E-state index in [0.717, 1.165) is 0 Å². The Kier molecular flexibility index (Phi) is 4.83. The lowest BCUT2D eigenvalue weighted by molar-refractivity contribution is 0.590. The molecular formula is C20H21ClN4O. The molecule has 1 heterocycles. The number of nitrogens with one attached hydrogen (secondary N) is 1. The number of H-pyrrole nitrogens is 1. The third-order valence-electron chi connectivity index (χ3n) is 4.11. The zero-order chi connectivity index (χ0) is 18.9. The summed E-state index contributed by atoms with van der Waals surface area (Å²) in [6.45, 7) is 8.26. The van der Waals surface area contributed by atoms with E-state index in [0.29, 0.717) is 22.1 Å². The SMILES string of the molecule is Cc1[nH]n(-c2cccc(Cl)c2)c(=O)c1N=Nc1ccc(C(C)(C)C)cc1. The second-order valence-corrected chi connectivity index (χ2v) is 7.64. The number of benzene rings is 2. The van der Waals surface area contributed by atoms with E-state index in [1.54, 1.807) is 31.2 Å². The number of aryl methyl sites for hydroxylation is 1. The number of halogens is 1. The summed E-state index contributed by atoms with van der Waals surface area (Å²) in [5.74, 6) is 0. The summed E-state index contributed by atoms with van der Waals surface area (Å²) in [6.07, 6.45) is 0. The van der Waals surface area contributed by atoms with Gasteiger partial charge in [0, 0.05) is 5.02 Å². The van der Waals surface area contributed by atoms with Crippen LogP contribution in [0, 0.1) is 6.92 Å². The molecule has 3 aromatic rings. The first-order valence-corrected chi connectivity index (χ1v) is 8.73. The van der Waals surface area contributed by atoms with Crippen LogP contribution in [-0.2, 0) is 5.41 Å². The van der Waals surface area contributed by atoms with Crippen LogP contribution in [0.25, 0.3) is 5.69 Å². The standard InChI is InChI=1S/C20H21ClN4O/c1-13-18(19(26)25(24-13)17-7-5-6-15(21)12-17)23-22-16-10-8-14(9-11-16)20(2,3)4/h5-12,24H,1-4H3. The van der Waals surface area contributed by atoms with Gasteiger partial charge in [0.05, 0.1) is 17.1 Å². The van der Waals surface area contributed by atoms with Crippen LogP contribution >= 0.6 is 11.6 Å². The molecule has 26 heavy (non-hydrogen) atoms. The molecular weight excluding hydrogens is 348 g/mol. The first-order chi connectivity index (χ1) is 12.3. The third kappa shape index (κ3) is 3.78. The van der Waals surface area contributed by atoms with E-state index in [2.05, 4.69) is 36.1 Å². The molecule has 0 bridgehead atoms. The summed E-state index contributed by atoms with van der Waals surface area (Å²) >= 11 is 6.01. The third-order valence-corrected chi connectivity index (χ3v) is 4.34. The summed E-state index contributed by atoms with van der Waals surface area (Å²) in [6, 6.07) is 14.9. The molecule has 5 nitrogen and oxygen atoms in total. The number of azo groups is 1. The predicted molar refractivity (Wildman–Crippen MR) is 105 cm³/mol. The van der Waals surface area contributed by atoms with Crippen LogP contribution in [0.1, 0.15) is 32.0 Å². The van der Waals surface area contributed by atoms with Crippen LogP contribution in [0.5, 0.6) is 0 Å². The van der Waals surface area contributed by atoms with Crippen molar-refractivity contribution >= 4 is 23.0 Å². The zero-order valence-corrected chi connectivity index (χ0v) is 16.0. The Bertz CT molecular complexity index is 1010. The Morgan fingerprint density at radius 1 is 1.04 bits per heavy atom. The number of aromatic amines is 1. The largest absolute Gasteiger partial charge is 0.299 e. The average Bonchev–Trinajstić information content (AvgIpc) is 2.87. The summed E-state index contributed by atoms with van der Waals surface area (Å²) in [4.78, 5) is 12.6. The van der Waals surface area contributed by atoms with Crippen LogP contribution in [-0.4, -0.2) is 9.78 Å². The van der Waals surface area contributed by atoms with E-state index in [1.165, 1.54) is 10.2 Å². The Morgan fingerprint density at radius 2 is 1.73 bits per heavy atom. The van der Waals surface area contributed by atoms with Crippen molar-refractivity contribution in [3.8, 4) is 5.69 Å². The Balaban J connectivity index is 1.91. The van der Waals surface area contributed by atoms with Gasteiger partial charge in [-0.25, -0.2) is 4.68 Å². The molecule has 2 aromatic carbocycles. The van der Waals surface area contributed by atoms with Crippen LogP contribution < -0.4 is 5.56 Å². The zero-order valence-electron chi connectivity index (χ0n) is 15.2. The quantitative estimate of drug-likeness (QED) is 0.580. The second-order valence-electron chi connectivity index (χ2n) is 7.20. The normalized spacial score (nSPS) is 12.0. The van der Waals surface area contributed by atoms with Crippen LogP contribution in [0.3, 0.4) is 0 Å². The predicted octanol–water partition coefficient (Wildman–Crippen LogP) is 5.84. The molecule has 0 aliphatic carbocycles. The van der Waals surface area contributed by atoms with Gasteiger partial charge in [0.1, 0.15) is 0 Å². The van der Waals surface area contributed by atoms with Gasteiger partial charge in [0.2, 0.25) is 0 Å². The van der Waals surface area contributed by atoms with Crippen molar-refractivity contribution in [3.05, 3.63) is 75.2 Å². The summed E-state index contributed by atoms with van der Waals surface area (Å²) in [7, 11) is 0. The molecule has 3 rings (SSSR count). The van der Waals surface area contributed by atoms with Crippen molar-refractivity contribution in [2.45, 2.75) is 33.1 Å². The van der Waals surface area contributed by atoms with Crippen LogP contribution in [0.15, 0.2) is 63.6 Å². The molecule has 1 aromatic heterocycles. The molecule has 0 radical (unpaired) electrons. The summed E-state index contributed by atoms with van der Waals surface area (Å²) < 4.78 is 1.41. The molecule has 0 saturated heterocycles. The van der Waals surface area contributed by atoms with Gasteiger partial charge in [-0.2, -0.15) is 5.11 Å². The Morgan fingerprint density at radius 3 is 2.35 bits per heavy atom. The number of hydrogen-bond donors (Lipinski definition) is 1. The van der Waals surface area contributed by atoms with Crippen molar-refractivity contribution in [3.63, 3.8) is 0 Å². The van der Waals surface area contributed by atoms with Crippen molar-refractivity contribution in [2.75, 3.05) is 0 Å². The minimum atomic E-state index is -0.264. The maximum absolute atomic E-state index is 12.6. The Labute approximate surface area is 157 Å². The highest BCUT2D eigenvalue weighted by atomic mass is 35.5. The lowest BCUT2D eigenvalue weighted by Gasteiger charge is -2.18. The van der Waals surface area contributed by atoms with E-state index in [4.69, 9.17) is 11.6 Å². The Hall–Kier alpha value is -2.66. The second kappa shape index (κ2) is 6.92. The molecule has 0 aliphatic rings. The number of rotatable bonds is 3. The van der Waals surface area contributed by atoms with Crippen molar-refractivity contribution < 1.29 is 0 Å². The highest BCUT2D eigenvalue weighted by molar-refractivity contribution is 6.30. The van der Waals surface area contributed by atoms with Crippen molar-refractivity contribution in [2.24, 2.45) is 10.2 Å². The van der Waals surface area contributed by atoms with Gasteiger partial charge in [-0.05, 0) is 48.2 Å².